The molecule has 0 heterocycles. The first-order valence-corrected chi connectivity index (χ1v) is 7.44. The lowest BCUT2D eigenvalue weighted by Gasteiger charge is -2.24. The molecule has 0 aliphatic carbocycles. The van der Waals surface area contributed by atoms with E-state index in [1.807, 2.05) is 23.1 Å². The van der Waals surface area contributed by atoms with E-state index in [-0.39, 0.29) is 23.7 Å². The standard InChI is InChI=1S/C17H28N2O.ClH/c1-17(2,3)11-9-16(20)19(14-12-18)13-10-15-7-5-4-6-8-15;/h4-8H,9-14,18H2,1-3H3;1H. The normalized spacial score (nSPS) is 10.9. The molecule has 2 N–H and O–H groups in total. The van der Waals surface area contributed by atoms with Gasteiger partial charge >= 0.3 is 0 Å². The molecule has 0 aliphatic rings. The highest BCUT2D eigenvalue weighted by molar-refractivity contribution is 5.85. The van der Waals surface area contributed by atoms with Gasteiger partial charge in [-0.15, -0.1) is 12.4 Å². The Bertz CT molecular complexity index is 401. The molecule has 1 rings (SSSR count). The number of rotatable bonds is 7. The van der Waals surface area contributed by atoms with Crippen molar-refractivity contribution < 1.29 is 4.79 Å². The summed E-state index contributed by atoms with van der Waals surface area (Å²) >= 11 is 0. The predicted molar refractivity (Wildman–Crippen MR) is 91.7 cm³/mol. The van der Waals surface area contributed by atoms with Gasteiger partial charge < -0.3 is 10.6 Å². The van der Waals surface area contributed by atoms with E-state index in [1.54, 1.807) is 0 Å². The van der Waals surface area contributed by atoms with Gasteiger partial charge in [0.05, 0.1) is 0 Å². The first kappa shape index (κ1) is 19.9. The van der Waals surface area contributed by atoms with Gasteiger partial charge in [0.1, 0.15) is 0 Å². The predicted octanol–water partition coefficient (Wildman–Crippen LogP) is 3.26. The fraction of sp³-hybridized carbons (Fsp3) is 0.588. The molecule has 3 nitrogen and oxygen atoms in total. The fourth-order valence-electron chi connectivity index (χ4n) is 2.07. The second kappa shape index (κ2) is 9.80. The Morgan fingerprint density at radius 3 is 2.29 bits per heavy atom. The maximum absolute atomic E-state index is 12.3. The molecule has 0 aliphatic heterocycles. The van der Waals surface area contributed by atoms with Gasteiger partial charge in [-0.3, -0.25) is 4.79 Å². The highest BCUT2D eigenvalue weighted by Crippen LogP contribution is 2.21. The Kier molecular flexibility index (Phi) is 9.31. The summed E-state index contributed by atoms with van der Waals surface area (Å²) in [6.07, 6.45) is 2.42. The van der Waals surface area contributed by atoms with Crippen molar-refractivity contribution in [3.63, 3.8) is 0 Å². The Morgan fingerprint density at radius 2 is 1.76 bits per heavy atom. The maximum atomic E-state index is 12.3. The molecule has 1 aromatic carbocycles. The molecule has 0 saturated carbocycles. The van der Waals surface area contributed by atoms with Crippen molar-refractivity contribution in [1.82, 2.24) is 4.90 Å². The van der Waals surface area contributed by atoms with E-state index < -0.39 is 0 Å². The fourth-order valence-corrected chi connectivity index (χ4v) is 2.07. The minimum absolute atomic E-state index is 0. The summed E-state index contributed by atoms with van der Waals surface area (Å²) in [5.74, 6) is 0.223. The van der Waals surface area contributed by atoms with Crippen LogP contribution in [-0.4, -0.2) is 30.4 Å². The van der Waals surface area contributed by atoms with Crippen LogP contribution in [0, 0.1) is 5.41 Å². The highest BCUT2D eigenvalue weighted by Gasteiger charge is 2.17. The first-order valence-electron chi connectivity index (χ1n) is 7.44. The second-order valence-electron chi connectivity index (χ2n) is 6.47. The van der Waals surface area contributed by atoms with Crippen molar-refractivity contribution in [1.29, 1.82) is 0 Å². The number of amides is 1. The van der Waals surface area contributed by atoms with Crippen molar-refractivity contribution in [2.45, 2.75) is 40.0 Å². The molecule has 0 fully saturated rings. The van der Waals surface area contributed by atoms with Crippen molar-refractivity contribution in [3.8, 4) is 0 Å². The third-order valence-corrected chi connectivity index (χ3v) is 3.35. The van der Waals surface area contributed by atoms with E-state index in [0.29, 0.717) is 19.5 Å². The van der Waals surface area contributed by atoms with Gasteiger partial charge in [0.15, 0.2) is 0 Å². The zero-order chi connectivity index (χ0) is 15.0. The van der Waals surface area contributed by atoms with Crippen molar-refractivity contribution >= 4 is 18.3 Å². The summed E-state index contributed by atoms with van der Waals surface area (Å²) in [7, 11) is 0. The molecule has 0 saturated heterocycles. The minimum atomic E-state index is 0. The quantitative estimate of drug-likeness (QED) is 0.840. The van der Waals surface area contributed by atoms with Gasteiger partial charge in [-0.1, -0.05) is 51.1 Å². The van der Waals surface area contributed by atoms with Crippen LogP contribution in [0.4, 0.5) is 0 Å². The lowest BCUT2D eigenvalue weighted by atomic mass is 9.90. The Morgan fingerprint density at radius 1 is 1.14 bits per heavy atom. The lowest BCUT2D eigenvalue weighted by molar-refractivity contribution is -0.131. The Hall–Kier alpha value is -1.06. The molecule has 120 valence electrons. The summed E-state index contributed by atoms with van der Waals surface area (Å²) in [6.45, 7) is 8.42. The van der Waals surface area contributed by atoms with Gasteiger partial charge in [0.25, 0.3) is 0 Å². The third-order valence-electron chi connectivity index (χ3n) is 3.35. The van der Waals surface area contributed by atoms with Gasteiger partial charge in [-0.2, -0.15) is 0 Å². The van der Waals surface area contributed by atoms with Gasteiger partial charge in [-0.05, 0) is 23.8 Å². The third kappa shape index (κ3) is 8.74. The molecular formula is C17H29ClN2O. The number of nitrogens with two attached hydrogens (primary N) is 1. The molecule has 0 spiro atoms. The zero-order valence-electron chi connectivity index (χ0n) is 13.5. The lowest BCUT2D eigenvalue weighted by Crippen LogP contribution is -2.37. The SMILES string of the molecule is CC(C)(C)CCC(=O)N(CCN)CCc1ccccc1.Cl. The molecule has 0 unspecified atom stereocenters. The summed E-state index contributed by atoms with van der Waals surface area (Å²) in [5, 5.41) is 0. The van der Waals surface area contributed by atoms with Crippen LogP contribution in [0.15, 0.2) is 30.3 Å². The van der Waals surface area contributed by atoms with Crippen LogP contribution in [0.25, 0.3) is 0 Å². The highest BCUT2D eigenvalue weighted by atomic mass is 35.5. The number of hydrogen-bond donors (Lipinski definition) is 1. The van der Waals surface area contributed by atoms with E-state index in [4.69, 9.17) is 5.73 Å². The maximum Gasteiger partial charge on any atom is 0.222 e. The smallest absolute Gasteiger partial charge is 0.222 e. The van der Waals surface area contributed by atoms with E-state index in [0.717, 1.165) is 19.4 Å². The number of carbonyl (C=O) groups is 1. The molecule has 0 radical (unpaired) electrons. The van der Waals surface area contributed by atoms with Crippen LogP contribution in [0.5, 0.6) is 0 Å². The van der Waals surface area contributed by atoms with E-state index in [9.17, 15) is 4.79 Å². The van der Waals surface area contributed by atoms with Gasteiger partial charge in [-0.25, -0.2) is 0 Å². The molecule has 0 bridgehead atoms. The minimum Gasteiger partial charge on any atom is -0.341 e. The molecule has 1 aromatic rings. The molecule has 0 atom stereocenters. The molecule has 0 aromatic heterocycles. The first-order chi connectivity index (χ1) is 9.42. The monoisotopic (exact) mass is 312 g/mol. The van der Waals surface area contributed by atoms with Crippen molar-refractivity contribution in [2.75, 3.05) is 19.6 Å². The number of hydrogen-bond acceptors (Lipinski definition) is 2. The number of carbonyl (C=O) groups excluding carboxylic acids is 1. The number of halogens is 1. The van der Waals surface area contributed by atoms with Crippen LogP contribution in [0.2, 0.25) is 0 Å². The van der Waals surface area contributed by atoms with Crippen LogP contribution in [0.3, 0.4) is 0 Å². The zero-order valence-corrected chi connectivity index (χ0v) is 14.3. The second-order valence-corrected chi connectivity index (χ2v) is 6.47. The Balaban J connectivity index is 0.00000400. The molecular weight excluding hydrogens is 284 g/mol. The molecule has 21 heavy (non-hydrogen) atoms. The van der Waals surface area contributed by atoms with Crippen LogP contribution in [0.1, 0.15) is 39.2 Å². The molecule has 1 amide bonds. The number of nitrogens with zero attached hydrogens (tertiary/aromatic N) is 1. The molecule has 4 heteroatoms. The van der Waals surface area contributed by atoms with E-state index >= 15 is 0 Å². The average Bonchev–Trinajstić information content (AvgIpc) is 2.41. The summed E-state index contributed by atoms with van der Waals surface area (Å²) < 4.78 is 0. The van der Waals surface area contributed by atoms with E-state index in [2.05, 4.69) is 32.9 Å². The largest absolute Gasteiger partial charge is 0.341 e. The van der Waals surface area contributed by atoms with Crippen LogP contribution in [-0.2, 0) is 11.2 Å². The summed E-state index contributed by atoms with van der Waals surface area (Å²) in [4.78, 5) is 14.2. The van der Waals surface area contributed by atoms with Crippen LogP contribution < -0.4 is 5.73 Å². The van der Waals surface area contributed by atoms with Gasteiger partial charge in [0, 0.05) is 26.1 Å². The van der Waals surface area contributed by atoms with E-state index in [1.165, 1.54) is 5.56 Å². The summed E-state index contributed by atoms with van der Waals surface area (Å²) in [5.41, 5.74) is 7.08. The van der Waals surface area contributed by atoms with Crippen molar-refractivity contribution in [2.24, 2.45) is 11.1 Å². The van der Waals surface area contributed by atoms with Gasteiger partial charge in [0.2, 0.25) is 5.91 Å². The topological polar surface area (TPSA) is 46.3 Å². The number of benzene rings is 1. The summed E-state index contributed by atoms with van der Waals surface area (Å²) in [6, 6.07) is 10.3. The Labute approximate surface area is 135 Å². The average molecular weight is 313 g/mol. The van der Waals surface area contributed by atoms with Crippen LogP contribution >= 0.6 is 12.4 Å². The van der Waals surface area contributed by atoms with Crippen molar-refractivity contribution in [3.05, 3.63) is 35.9 Å².